The minimum Gasteiger partial charge on any atom is -0.321 e. The van der Waals surface area contributed by atoms with E-state index in [2.05, 4.69) is 79.9 Å². The van der Waals surface area contributed by atoms with Crippen LogP contribution in [0.25, 0.3) is 21.9 Å². The molecule has 0 saturated heterocycles. The van der Waals surface area contributed by atoms with Gasteiger partial charge in [0.25, 0.3) is 0 Å². The van der Waals surface area contributed by atoms with Crippen molar-refractivity contribution in [2.24, 2.45) is 11.8 Å². The van der Waals surface area contributed by atoms with Crippen LogP contribution < -0.4 is 0 Å². The first kappa shape index (κ1) is 19.6. The van der Waals surface area contributed by atoms with Gasteiger partial charge in [0.1, 0.15) is 11.5 Å². The second kappa shape index (κ2) is 8.77. The van der Waals surface area contributed by atoms with Gasteiger partial charge < -0.3 is 4.57 Å². The van der Waals surface area contributed by atoms with Gasteiger partial charge in [-0.1, -0.05) is 88.6 Å². The first-order valence-corrected chi connectivity index (χ1v) is 10.9. The van der Waals surface area contributed by atoms with E-state index in [1.807, 2.05) is 6.20 Å². The number of hydrogen-bond donors (Lipinski definition) is 0. The van der Waals surface area contributed by atoms with Crippen molar-refractivity contribution in [2.75, 3.05) is 0 Å². The normalized spacial score (nSPS) is 12.8. The molecule has 0 bridgehead atoms. The first-order chi connectivity index (χ1) is 14.1. The van der Waals surface area contributed by atoms with Crippen molar-refractivity contribution in [3.8, 4) is 0 Å². The zero-order valence-corrected chi connectivity index (χ0v) is 17.8. The molecule has 0 aliphatic heterocycles. The van der Waals surface area contributed by atoms with Crippen LogP contribution in [-0.2, 0) is 13.0 Å². The van der Waals surface area contributed by atoms with Crippen LogP contribution in [0.1, 0.15) is 51.4 Å². The maximum absolute atomic E-state index is 5.04. The lowest BCUT2D eigenvalue weighted by atomic mass is 9.97. The van der Waals surface area contributed by atoms with Crippen molar-refractivity contribution in [3.63, 3.8) is 0 Å². The van der Waals surface area contributed by atoms with Crippen molar-refractivity contribution >= 4 is 21.9 Å². The van der Waals surface area contributed by atoms with Gasteiger partial charge >= 0.3 is 0 Å². The summed E-state index contributed by atoms with van der Waals surface area (Å²) in [5, 5.41) is 2.38. The standard InChI is InChI=1S/C26H31N3/c1-19(2)10-9-11-20(3)16-25-27-17-23-22-14-7-8-15-24(22)29(26(23)28-25)18-21-12-5-4-6-13-21/h4-8,12-15,17,19-20H,9-11,16,18H2,1-3H3. The van der Waals surface area contributed by atoms with E-state index in [9.17, 15) is 0 Å². The summed E-state index contributed by atoms with van der Waals surface area (Å²) in [6, 6.07) is 19.2. The Bertz CT molecular complexity index is 1080. The molecule has 3 heteroatoms. The molecule has 150 valence electrons. The van der Waals surface area contributed by atoms with Gasteiger partial charge in [0, 0.05) is 29.9 Å². The van der Waals surface area contributed by atoms with Gasteiger partial charge in [-0.25, -0.2) is 9.97 Å². The molecule has 0 fully saturated rings. The van der Waals surface area contributed by atoms with Crippen LogP contribution in [0.15, 0.2) is 60.8 Å². The fraction of sp³-hybridized carbons (Fsp3) is 0.385. The van der Waals surface area contributed by atoms with E-state index in [1.165, 1.54) is 35.7 Å². The van der Waals surface area contributed by atoms with Gasteiger partial charge in [0.05, 0.1) is 5.52 Å². The molecule has 2 heterocycles. The summed E-state index contributed by atoms with van der Waals surface area (Å²) in [6.07, 6.45) is 6.81. The van der Waals surface area contributed by atoms with Gasteiger partial charge in [-0.3, -0.25) is 0 Å². The highest BCUT2D eigenvalue weighted by Gasteiger charge is 2.14. The average molecular weight is 386 g/mol. The Hall–Kier alpha value is -2.68. The molecule has 0 spiro atoms. The summed E-state index contributed by atoms with van der Waals surface area (Å²) in [6.45, 7) is 7.75. The molecule has 4 rings (SSSR count). The van der Waals surface area contributed by atoms with Crippen LogP contribution in [0.3, 0.4) is 0 Å². The van der Waals surface area contributed by atoms with Crippen molar-refractivity contribution in [1.82, 2.24) is 14.5 Å². The van der Waals surface area contributed by atoms with E-state index >= 15 is 0 Å². The molecule has 2 aromatic carbocycles. The zero-order valence-electron chi connectivity index (χ0n) is 17.8. The van der Waals surface area contributed by atoms with E-state index < -0.39 is 0 Å². The number of nitrogens with zero attached hydrogens (tertiary/aromatic N) is 3. The Morgan fingerprint density at radius 3 is 2.41 bits per heavy atom. The van der Waals surface area contributed by atoms with Crippen molar-refractivity contribution in [2.45, 2.75) is 53.0 Å². The molecule has 0 aliphatic rings. The van der Waals surface area contributed by atoms with Crippen LogP contribution >= 0.6 is 0 Å². The largest absolute Gasteiger partial charge is 0.321 e. The molecule has 0 N–H and O–H groups in total. The highest BCUT2D eigenvalue weighted by Crippen LogP contribution is 2.28. The molecule has 0 aliphatic carbocycles. The Kier molecular flexibility index (Phi) is 5.94. The number of aromatic nitrogens is 3. The van der Waals surface area contributed by atoms with Gasteiger partial charge in [-0.2, -0.15) is 0 Å². The Labute approximate surface area is 173 Å². The maximum atomic E-state index is 5.04. The molecule has 1 atom stereocenters. The molecular weight excluding hydrogens is 354 g/mol. The van der Waals surface area contributed by atoms with Crippen LogP contribution in [0, 0.1) is 11.8 Å². The summed E-state index contributed by atoms with van der Waals surface area (Å²) < 4.78 is 2.34. The van der Waals surface area contributed by atoms with Gasteiger partial charge in [-0.05, 0) is 23.5 Å². The number of rotatable bonds is 8. The van der Waals surface area contributed by atoms with E-state index in [0.29, 0.717) is 5.92 Å². The van der Waals surface area contributed by atoms with Crippen molar-refractivity contribution in [3.05, 3.63) is 72.2 Å². The predicted octanol–water partition coefficient (Wildman–Crippen LogP) is 6.64. The molecule has 0 radical (unpaired) electrons. The number of hydrogen-bond acceptors (Lipinski definition) is 2. The summed E-state index contributed by atoms with van der Waals surface area (Å²) in [5.74, 6) is 2.35. The van der Waals surface area contributed by atoms with Gasteiger partial charge in [0.15, 0.2) is 0 Å². The van der Waals surface area contributed by atoms with Crippen LogP contribution in [0.2, 0.25) is 0 Å². The molecule has 29 heavy (non-hydrogen) atoms. The summed E-state index contributed by atoms with van der Waals surface area (Å²) in [5.41, 5.74) is 3.56. The van der Waals surface area contributed by atoms with Gasteiger partial charge in [0.2, 0.25) is 0 Å². The highest BCUT2D eigenvalue weighted by atomic mass is 15.1. The minimum atomic E-state index is 0.609. The molecular formula is C26H31N3. The van der Waals surface area contributed by atoms with Gasteiger partial charge in [-0.15, -0.1) is 0 Å². The van der Waals surface area contributed by atoms with Crippen LogP contribution in [0.5, 0.6) is 0 Å². The Morgan fingerprint density at radius 2 is 1.62 bits per heavy atom. The third-order valence-corrected chi connectivity index (χ3v) is 5.75. The summed E-state index contributed by atoms with van der Waals surface area (Å²) in [4.78, 5) is 9.78. The Balaban J connectivity index is 1.66. The monoisotopic (exact) mass is 385 g/mol. The Morgan fingerprint density at radius 1 is 0.862 bits per heavy atom. The molecule has 2 aromatic heterocycles. The molecule has 0 amide bonds. The van der Waals surface area contributed by atoms with E-state index in [0.717, 1.165) is 35.7 Å². The lowest BCUT2D eigenvalue weighted by molar-refractivity contribution is 0.450. The number of fused-ring (bicyclic) bond motifs is 3. The number of benzene rings is 2. The third kappa shape index (κ3) is 4.50. The van der Waals surface area contributed by atoms with E-state index in [-0.39, 0.29) is 0 Å². The molecule has 3 nitrogen and oxygen atoms in total. The highest BCUT2D eigenvalue weighted by molar-refractivity contribution is 6.06. The minimum absolute atomic E-state index is 0.609. The molecule has 4 aromatic rings. The zero-order chi connectivity index (χ0) is 20.2. The SMILES string of the molecule is CC(C)CCCC(C)Cc1ncc2c3ccccc3n(Cc3ccccc3)c2n1. The van der Waals surface area contributed by atoms with Crippen molar-refractivity contribution in [1.29, 1.82) is 0 Å². The molecule has 1 unspecified atom stereocenters. The predicted molar refractivity (Wildman–Crippen MR) is 122 cm³/mol. The van der Waals surface area contributed by atoms with Crippen LogP contribution in [-0.4, -0.2) is 14.5 Å². The van der Waals surface area contributed by atoms with Crippen LogP contribution in [0.4, 0.5) is 0 Å². The fourth-order valence-electron chi connectivity index (χ4n) is 4.17. The summed E-state index contributed by atoms with van der Waals surface area (Å²) in [7, 11) is 0. The maximum Gasteiger partial charge on any atom is 0.145 e. The summed E-state index contributed by atoms with van der Waals surface area (Å²) >= 11 is 0. The first-order valence-electron chi connectivity index (χ1n) is 10.9. The smallest absolute Gasteiger partial charge is 0.145 e. The average Bonchev–Trinajstić information content (AvgIpc) is 3.02. The second-order valence-corrected chi connectivity index (χ2v) is 8.75. The number of para-hydroxylation sites is 1. The lowest BCUT2D eigenvalue weighted by Crippen LogP contribution is -2.07. The van der Waals surface area contributed by atoms with E-state index in [4.69, 9.17) is 9.97 Å². The van der Waals surface area contributed by atoms with E-state index in [1.54, 1.807) is 0 Å². The quantitative estimate of drug-likeness (QED) is 0.340. The lowest BCUT2D eigenvalue weighted by Gasteiger charge is -2.12. The second-order valence-electron chi connectivity index (χ2n) is 8.75. The molecule has 0 saturated carbocycles. The fourth-order valence-corrected chi connectivity index (χ4v) is 4.17. The third-order valence-electron chi connectivity index (χ3n) is 5.75. The van der Waals surface area contributed by atoms with Crippen molar-refractivity contribution < 1.29 is 0 Å². The topological polar surface area (TPSA) is 30.7 Å².